The zero-order chi connectivity index (χ0) is 14.3. The van der Waals surface area contributed by atoms with Crippen molar-refractivity contribution < 1.29 is 14.3 Å². The summed E-state index contributed by atoms with van der Waals surface area (Å²) in [6, 6.07) is 1.88. The van der Waals surface area contributed by atoms with Crippen molar-refractivity contribution in [3.63, 3.8) is 0 Å². The number of nitrogens with zero attached hydrogens (tertiary/aromatic N) is 1. The Kier molecular flexibility index (Phi) is 5.53. The van der Waals surface area contributed by atoms with Gasteiger partial charge in [-0.3, -0.25) is 0 Å². The van der Waals surface area contributed by atoms with Gasteiger partial charge < -0.3 is 9.47 Å². The van der Waals surface area contributed by atoms with Gasteiger partial charge in [0.1, 0.15) is 11.6 Å². The molecule has 0 bridgehead atoms. The van der Waals surface area contributed by atoms with Gasteiger partial charge in [-0.05, 0) is 19.4 Å². The first kappa shape index (κ1) is 15.2. The molecule has 0 aromatic rings. The molecule has 0 amide bonds. The van der Waals surface area contributed by atoms with Crippen molar-refractivity contribution in [3.05, 3.63) is 36.0 Å². The normalized spacial score (nSPS) is 26.0. The van der Waals surface area contributed by atoms with E-state index >= 15 is 0 Å². The van der Waals surface area contributed by atoms with Crippen LogP contribution in [0.15, 0.2) is 36.0 Å². The molecule has 0 radical (unpaired) electrons. The molecule has 2 unspecified atom stereocenters. The standard InChI is InChI=1S/C15H19NO3/c1-4-15(19-5-2)9-7-6-8-13(15)10-12(11-16)14(17)18-3/h6-10,13H,4-5H2,1-3H3. The minimum absolute atomic E-state index is 0.00461. The van der Waals surface area contributed by atoms with E-state index in [1.54, 1.807) is 6.08 Å². The van der Waals surface area contributed by atoms with E-state index < -0.39 is 11.6 Å². The number of esters is 1. The second kappa shape index (κ2) is 6.91. The second-order valence-corrected chi connectivity index (χ2v) is 4.20. The SMILES string of the molecule is CCOC1(CC)C=CC=CC1C=C(C#N)C(=O)OC. The Hall–Kier alpha value is -1.86. The minimum atomic E-state index is -0.619. The number of ether oxygens (including phenoxy) is 2. The van der Waals surface area contributed by atoms with Crippen LogP contribution in [0.4, 0.5) is 0 Å². The molecule has 0 saturated carbocycles. The predicted octanol–water partition coefficient (Wildman–Crippen LogP) is 2.54. The van der Waals surface area contributed by atoms with Crippen LogP contribution in [0.1, 0.15) is 20.3 Å². The van der Waals surface area contributed by atoms with Gasteiger partial charge in [0.25, 0.3) is 0 Å². The lowest BCUT2D eigenvalue weighted by atomic mass is 9.80. The van der Waals surface area contributed by atoms with Gasteiger partial charge in [0.05, 0.1) is 12.7 Å². The fourth-order valence-electron chi connectivity index (χ4n) is 2.18. The molecule has 19 heavy (non-hydrogen) atoms. The summed E-state index contributed by atoms with van der Waals surface area (Å²) in [6.07, 6.45) is 10.1. The van der Waals surface area contributed by atoms with Crippen LogP contribution < -0.4 is 0 Å². The summed E-state index contributed by atoms with van der Waals surface area (Å²) in [5.41, 5.74) is -0.496. The Morgan fingerprint density at radius 3 is 2.74 bits per heavy atom. The zero-order valence-corrected chi connectivity index (χ0v) is 11.6. The molecule has 0 aromatic heterocycles. The van der Waals surface area contributed by atoms with Crippen LogP contribution in [-0.4, -0.2) is 25.3 Å². The first-order valence-electron chi connectivity index (χ1n) is 6.33. The third-order valence-corrected chi connectivity index (χ3v) is 3.21. The van der Waals surface area contributed by atoms with Gasteiger partial charge in [0, 0.05) is 12.5 Å². The van der Waals surface area contributed by atoms with Gasteiger partial charge in [-0.1, -0.05) is 31.2 Å². The van der Waals surface area contributed by atoms with Crippen LogP contribution in [0.3, 0.4) is 0 Å². The number of nitriles is 1. The van der Waals surface area contributed by atoms with Gasteiger partial charge in [0.2, 0.25) is 0 Å². The van der Waals surface area contributed by atoms with E-state index in [9.17, 15) is 4.79 Å². The predicted molar refractivity (Wildman–Crippen MR) is 72.1 cm³/mol. The van der Waals surface area contributed by atoms with Crippen LogP contribution in [0.5, 0.6) is 0 Å². The van der Waals surface area contributed by atoms with Gasteiger partial charge in [0.15, 0.2) is 0 Å². The van der Waals surface area contributed by atoms with Crippen molar-refractivity contribution in [1.29, 1.82) is 5.26 Å². The highest BCUT2D eigenvalue weighted by Crippen LogP contribution is 2.33. The van der Waals surface area contributed by atoms with Gasteiger partial charge in [-0.25, -0.2) is 4.79 Å². The smallest absolute Gasteiger partial charge is 0.348 e. The number of methoxy groups -OCH3 is 1. The number of carbonyl (C=O) groups excluding carboxylic acids is 1. The molecule has 0 spiro atoms. The summed E-state index contributed by atoms with van der Waals surface area (Å²) in [5.74, 6) is -0.775. The third-order valence-electron chi connectivity index (χ3n) is 3.21. The molecular weight excluding hydrogens is 242 g/mol. The Morgan fingerprint density at radius 2 is 2.21 bits per heavy atom. The summed E-state index contributed by atoms with van der Waals surface area (Å²) in [6.45, 7) is 4.51. The van der Waals surface area contributed by atoms with E-state index in [1.807, 2.05) is 44.2 Å². The average Bonchev–Trinajstić information content (AvgIpc) is 2.45. The van der Waals surface area contributed by atoms with E-state index in [0.717, 1.165) is 6.42 Å². The molecule has 0 saturated heterocycles. The summed E-state index contributed by atoms with van der Waals surface area (Å²) in [4.78, 5) is 11.5. The molecule has 0 heterocycles. The molecule has 0 aromatic carbocycles. The molecule has 4 nitrogen and oxygen atoms in total. The van der Waals surface area contributed by atoms with E-state index in [2.05, 4.69) is 4.74 Å². The summed E-state index contributed by atoms with van der Waals surface area (Å²) in [7, 11) is 1.26. The van der Waals surface area contributed by atoms with Crippen LogP contribution in [0.25, 0.3) is 0 Å². The van der Waals surface area contributed by atoms with Crippen molar-refractivity contribution in [1.82, 2.24) is 0 Å². The molecule has 0 fully saturated rings. The molecule has 2 atom stereocenters. The van der Waals surface area contributed by atoms with Crippen LogP contribution in [0.2, 0.25) is 0 Å². The van der Waals surface area contributed by atoms with Crippen molar-refractivity contribution in [2.45, 2.75) is 25.9 Å². The van der Waals surface area contributed by atoms with E-state index in [-0.39, 0.29) is 11.5 Å². The highest BCUT2D eigenvalue weighted by atomic mass is 16.5. The van der Waals surface area contributed by atoms with Crippen molar-refractivity contribution in [2.24, 2.45) is 5.92 Å². The van der Waals surface area contributed by atoms with Gasteiger partial charge in [-0.2, -0.15) is 5.26 Å². The van der Waals surface area contributed by atoms with Crippen molar-refractivity contribution >= 4 is 5.97 Å². The number of hydrogen-bond donors (Lipinski definition) is 0. The number of hydrogen-bond acceptors (Lipinski definition) is 4. The molecule has 102 valence electrons. The fourth-order valence-corrected chi connectivity index (χ4v) is 2.18. The molecule has 1 rings (SSSR count). The molecule has 4 heteroatoms. The lowest BCUT2D eigenvalue weighted by Crippen LogP contribution is -2.38. The molecule has 0 N–H and O–H groups in total. The Balaban J connectivity index is 3.12. The summed E-state index contributed by atoms with van der Waals surface area (Å²) < 4.78 is 10.4. The van der Waals surface area contributed by atoms with Crippen LogP contribution in [-0.2, 0) is 14.3 Å². The van der Waals surface area contributed by atoms with E-state index in [4.69, 9.17) is 10.00 Å². The maximum absolute atomic E-state index is 11.5. The summed E-state index contributed by atoms with van der Waals surface area (Å²) in [5, 5.41) is 9.03. The summed E-state index contributed by atoms with van der Waals surface area (Å²) >= 11 is 0. The average molecular weight is 261 g/mol. The quantitative estimate of drug-likeness (QED) is 0.433. The van der Waals surface area contributed by atoms with E-state index in [0.29, 0.717) is 6.61 Å². The first-order chi connectivity index (χ1) is 9.13. The molecule has 0 aliphatic heterocycles. The van der Waals surface area contributed by atoms with E-state index in [1.165, 1.54) is 7.11 Å². The fraction of sp³-hybridized carbons (Fsp3) is 0.467. The minimum Gasteiger partial charge on any atom is -0.465 e. The lowest BCUT2D eigenvalue weighted by molar-refractivity contribution is -0.135. The lowest BCUT2D eigenvalue weighted by Gasteiger charge is -2.36. The third kappa shape index (κ3) is 3.33. The molecular formula is C15H19NO3. The highest BCUT2D eigenvalue weighted by Gasteiger charge is 2.35. The monoisotopic (exact) mass is 261 g/mol. The number of carbonyl (C=O) groups is 1. The number of rotatable bonds is 5. The maximum Gasteiger partial charge on any atom is 0.348 e. The highest BCUT2D eigenvalue weighted by molar-refractivity contribution is 5.92. The van der Waals surface area contributed by atoms with Gasteiger partial charge in [-0.15, -0.1) is 0 Å². The van der Waals surface area contributed by atoms with Gasteiger partial charge >= 0.3 is 5.97 Å². The molecule has 1 aliphatic carbocycles. The maximum atomic E-state index is 11.5. The topological polar surface area (TPSA) is 59.3 Å². The zero-order valence-electron chi connectivity index (χ0n) is 11.6. The number of allylic oxidation sites excluding steroid dienone is 2. The Bertz CT molecular complexity index is 457. The van der Waals surface area contributed by atoms with Crippen LogP contribution >= 0.6 is 0 Å². The second-order valence-electron chi connectivity index (χ2n) is 4.20. The Morgan fingerprint density at radius 1 is 1.47 bits per heavy atom. The first-order valence-corrected chi connectivity index (χ1v) is 6.33. The van der Waals surface area contributed by atoms with Crippen molar-refractivity contribution in [3.8, 4) is 6.07 Å². The molecule has 1 aliphatic rings. The Labute approximate surface area is 114 Å². The van der Waals surface area contributed by atoms with Crippen LogP contribution in [0, 0.1) is 17.2 Å². The largest absolute Gasteiger partial charge is 0.465 e. The van der Waals surface area contributed by atoms with Crippen molar-refractivity contribution in [2.75, 3.05) is 13.7 Å².